The van der Waals surface area contributed by atoms with Crippen LogP contribution in [-0.2, 0) is 10.3 Å². The lowest BCUT2D eigenvalue weighted by atomic mass is 9.77. The average molecular weight is 443 g/mol. The van der Waals surface area contributed by atoms with Crippen molar-refractivity contribution in [2.75, 3.05) is 29.9 Å². The summed E-state index contributed by atoms with van der Waals surface area (Å²) in [6, 6.07) is 20.0. The Hall–Kier alpha value is -3.47. The number of hydrogen-bond acceptors (Lipinski definition) is 5. The fraction of sp³-hybridized carbons (Fsp3) is 0.321. The highest BCUT2D eigenvalue weighted by atomic mass is 16.6. The van der Waals surface area contributed by atoms with E-state index in [2.05, 4.69) is 55.3 Å². The molecule has 0 aliphatic carbocycles. The van der Waals surface area contributed by atoms with Crippen molar-refractivity contribution in [3.63, 3.8) is 0 Å². The van der Waals surface area contributed by atoms with Gasteiger partial charge in [-0.1, -0.05) is 31.5 Å². The highest BCUT2D eigenvalue weighted by Crippen LogP contribution is 2.56. The van der Waals surface area contributed by atoms with Crippen molar-refractivity contribution in [2.45, 2.75) is 39.2 Å². The highest BCUT2D eigenvalue weighted by molar-refractivity contribution is 5.97. The van der Waals surface area contributed by atoms with Gasteiger partial charge < -0.3 is 19.7 Å². The minimum Gasteiger partial charge on any atom is -0.456 e. The zero-order chi connectivity index (χ0) is 23.0. The predicted octanol–water partition coefficient (Wildman–Crippen LogP) is 6.31. The molecular formula is C28H30N2O3. The summed E-state index contributed by atoms with van der Waals surface area (Å²) in [5.41, 5.74) is 4.23. The molecule has 0 radical (unpaired) electrons. The molecular weight excluding hydrogens is 412 g/mol. The fourth-order valence-corrected chi connectivity index (χ4v) is 4.97. The Morgan fingerprint density at radius 1 is 0.879 bits per heavy atom. The Balaban J connectivity index is 1.71. The fourth-order valence-electron chi connectivity index (χ4n) is 4.97. The van der Waals surface area contributed by atoms with Gasteiger partial charge in [-0.2, -0.15) is 0 Å². The number of fused-ring (bicyclic) bond motifs is 6. The van der Waals surface area contributed by atoms with Crippen molar-refractivity contribution in [1.82, 2.24) is 0 Å². The lowest BCUT2D eigenvalue weighted by Crippen LogP contribution is -2.33. The van der Waals surface area contributed by atoms with Gasteiger partial charge in [0.2, 0.25) is 0 Å². The molecule has 1 spiro atoms. The van der Waals surface area contributed by atoms with Gasteiger partial charge in [0.1, 0.15) is 11.5 Å². The van der Waals surface area contributed by atoms with Crippen LogP contribution in [0.1, 0.15) is 60.7 Å². The Bertz CT molecular complexity index is 1200. The molecule has 3 aromatic rings. The van der Waals surface area contributed by atoms with Crippen LogP contribution >= 0.6 is 0 Å². The molecule has 3 aromatic carbocycles. The normalized spacial score (nSPS) is 17.6. The zero-order valence-corrected chi connectivity index (χ0v) is 19.5. The largest absolute Gasteiger partial charge is 0.456 e. The van der Waals surface area contributed by atoms with Gasteiger partial charge in [-0.25, -0.2) is 4.79 Å². The molecule has 0 aromatic heterocycles. The summed E-state index contributed by atoms with van der Waals surface area (Å²) in [5, 5.41) is 3.50. The molecule has 0 bridgehead atoms. The summed E-state index contributed by atoms with van der Waals surface area (Å²) < 4.78 is 12.7. The second-order valence-electron chi connectivity index (χ2n) is 8.56. The number of unbranched alkanes of at least 4 members (excludes halogenated alkanes) is 1. The van der Waals surface area contributed by atoms with E-state index in [0.717, 1.165) is 66.3 Å². The molecule has 1 unspecified atom stereocenters. The van der Waals surface area contributed by atoms with Gasteiger partial charge in [0.25, 0.3) is 0 Å². The van der Waals surface area contributed by atoms with Crippen molar-refractivity contribution < 1.29 is 14.3 Å². The third-order valence-corrected chi connectivity index (χ3v) is 6.68. The summed E-state index contributed by atoms with van der Waals surface area (Å²) >= 11 is 0. The van der Waals surface area contributed by atoms with Crippen LogP contribution in [0.4, 0.5) is 11.4 Å². The number of hydrogen-bond donors (Lipinski definition) is 1. The minimum atomic E-state index is -1.03. The zero-order valence-electron chi connectivity index (χ0n) is 19.5. The maximum absolute atomic E-state index is 13.0. The van der Waals surface area contributed by atoms with E-state index in [1.54, 1.807) is 0 Å². The third kappa shape index (κ3) is 3.34. The molecule has 33 heavy (non-hydrogen) atoms. The van der Waals surface area contributed by atoms with Crippen LogP contribution in [0.3, 0.4) is 0 Å². The van der Waals surface area contributed by atoms with E-state index >= 15 is 0 Å². The van der Waals surface area contributed by atoms with Crippen molar-refractivity contribution in [3.8, 4) is 11.5 Å². The second kappa shape index (κ2) is 8.47. The van der Waals surface area contributed by atoms with Crippen molar-refractivity contribution in [2.24, 2.45) is 0 Å². The molecule has 5 rings (SSSR count). The van der Waals surface area contributed by atoms with Gasteiger partial charge in [0.15, 0.2) is 5.60 Å². The Labute approximate surface area is 195 Å². The highest BCUT2D eigenvalue weighted by Gasteiger charge is 2.53. The summed E-state index contributed by atoms with van der Waals surface area (Å²) in [6.07, 6.45) is 2.21. The van der Waals surface area contributed by atoms with Crippen LogP contribution in [0.5, 0.6) is 11.5 Å². The quantitative estimate of drug-likeness (QED) is 0.343. The second-order valence-corrected chi connectivity index (χ2v) is 8.56. The van der Waals surface area contributed by atoms with E-state index in [9.17, 15) is 4.79 Å². The maximum Gasteiger partial charge on any atom is 0.340 e. The van der Waals surface area contributed by atoms with Crippen LogP contribution in [0.15, 0.2) is 60.7 Å². The molecule has 2 heterocycles. The lowest BCUT2D eigenvalue weighted by molar-refractivity contribution is 0.0224. The first-order valence-electron chi connectivity index (χ1n) is 11.9. The van der Waals surface area contributed by atoms with Crippen LogP contribution in [0.25, 0.3) is 0 Å². The number of rotatable bonds is 7. The molecule has 0 saturated heterocycles. The molecule has 2 aliphatic rings. The predicted molar refractivity (Wildman–Crippen MR) is 132 cm³/mol. The van der Waals surface area contributed by atoms with Gasteiger partial charge in [-0.3, -0.25) is 0 Å². The topological polar surface area (TPSA) is 50.8 Å². The van der Waals surface area contributed by atoms with E-state index in [0.29, 0.717) is 11.3 Å². The Kier molecular flexibility index (Phi) is 5.49. The van der Waals surface area contributed by atoms with Crippen LogP contribution in [-0.4, -0.2) is 25.6 Å². The van der Waals surface area contributed by atoms with E-state index in [4.69, 9.17) is 9.47 Å². The molecule has 1 atom stereocenters. The van der Waals surface area contributed by atoms with Gasteiger partial charge in [0.05, 0.1) is 5.56 Å². The molecule has 5 heteroatoms. The number of carbonyl (C=O) groups excluding carboxylic acids is 1. The van der Waals surface area contributed by atoms with E-state index < -0.39 is 5.60 Å². The number of nitrogens with zero attached hydrogens (tertiary/aromatic N) is 1. The molecule has 170 valence electrons. The van der Waals surface area contributed by atoms with Crippen molar-refractivity contribution >= 4 is 17.3 Å². The number of benzene rings is 3. The first-order valence-corrected chi connectivity index (χ1v) is 11.9. The smallest absolute Gasteiger partial charge is 0.340 e. The first-order chi connectivity index (χ1) is 16.1. The Morgan fingerprint density at radius 3 is 2.48 bits per heavy atom. The van der Waals surface area contributed by atoms with Crippen LogP contribution in [0.2, 0.25) is 0 Å². The molecule has 0 amide bonds. The van der Waals surface area contributed by atoms with Crippen molar-refractivity contribution in [1.29, 1.82) is 0 Å². The lowest BCUT2D eigenvalue weighted by Gasteiger charge is -2.37. The summed E-state index contributed by atoms with van der Waals surface area (Å²) in [5.74, 6) is 1.13. The average Bonchev–Trinajstić information content (AvgIpc) is 3.13. The third-order valence-electron chi connectivity index (χ3n) is 6.68. The summed E-state index contributed by atoms with van der Waals surface area (Å²) in [6.45, 7) is 9.16. The summed E-state index contributed by atoms with van der Waals surface area (Å²) in [4.78, 5) is 15.3. The van der Waals surface area contributed by atoms with Gasteiger partial charge in [0, 0.05) is 53.8 Å². The molecule has 2 aliphatic heterocycles. The van der Waals surface area contributed by atoms with Crippen LogP contribution in [0, 0.1) is 0 Å². The van der Waals surface area contributed by atoms with Gasteiger partial charge >= 0.3 is 5.97 Å². The number of carbonyl (C=O) groups is 1. The molecule has 0 saturated carbocycles. The minimum absolute atomic E-state index is 0.304. The van der Waals surface area contributed by atoms with Gasteiger partial charge in [-0.05, 0) is 56.7 Å². The van der Waals surface area contributed by atoms with Crippen LogP contribution < -0.4 is 15.0 Å². The molecule has 1 N–H and O–H groups in total. The Morgan fingerprint density at radius 2 is 1.70 bits per heavy atom. The van der Waals surface area contributed by atoms with E-state index in [-0.39, 0.29) is 5.97 Å². The number of anilines is 2. The number of nitrogens with one attached hydrogen (secondary N) is 1. The summed E-state index contributed by atoms with van der Waals surface area (Å²) in [7, 11) is 0. The number of ether oxygens (including phenoxy) is 2. The maximum atomic E-state index is 13.0. The van der Waals surface area contributed by atoms with Gasteiger partial charge in [-0.15, -0.1) is 0 Å². The van der Waals surface area contributed by atoms with E-state index in [1.807, 2.05) is 36.4 Å². The molecule has 5 nitrogen and oxygen atoms in total. The van der Waals surface area contributed by atoms with Crippen molar-refractivity contribution in [3.05, 3.63) is 82.9 Å². The standard InChI is InChI=1S/C28H30N2O3/c1-4-7-16-29-19-12-15-25-24(17-19)28(22-11-9-8-10-21(22)27(31)33-28)23-14-13-20(18-26(23)32-25)30(5-2)6-3/h8-15,17-18,29H,4-7,16H2,1-3H3. The number of esters is 1. The monoisotopic (exact) mass is 442 g/mol. The SMILES string of the molecule is CCCCNc1ccc2c(c1)C1(OC(=O)c3ccccc31)c1ccc(N(CC)CC)cc1O2. The molecule has 0 fully saturated rings. The first kappa shape index (κ1) is 21.4. The van der Waals surface area contributed by atoms with E-state index in [1.165, 1.54) is 0 Å².